The van der Waals surface area contributed by atoms with E-state index in [0.29, 0.717) is 17.5 Å². The molecule has 2 aliphatic rings. The van der Waals surface area contributed by atoms with Crippen LogP contribution in [0.1, 0.15) is 43.7 Å². The molecule has 1 aromatic carbocycles. The molecule has 21 heavy (non-hydrogen) atoms. The first-order valence-electron chi connectivity index (χ1n) is 8.06. The molecule has 2 nitrogen and oxygen atoms in total. The molecule has 1 aliphatic carbocycles. The molecule has 0 bridgehead atoms. The van der Waals surface area contributed by atoms with Crippen molar-refractivity contribution in [2.24, 2.45) is 5.92 Å². The molecule has 0 radical (unpaired) electrons. The van der Waals surface area contributed by atoms with E-state index >= 15 is 0 Å². The molecule has 2 fully saturated rings. The Morgan fingerprint density at radius 1 is 1.19 bits per heavy atom. The molecule has 1 saturated heterocycles. The van der Waals surface area contributed by atoms with Gasteiger partial charge in [-0.05, 0) is 57.8 Å². The van der Waals surface area contributed by atoms with Crippen LogP contribution in [0, 0.1) is 17.6 Å². The van der Waals surface area contributed by atoms with Gasteiger partial charge in [0.15, 0.2) is 0 Å². The first kappa shape index (κ1) is 14.9. The Morgan fingerprint density at radius 2 is 2.00 bits per heavy atom. The summed E-state index contributed by atoms with van der Waals surface area (Å²) in [5.74, 6) is -0.500. The highest BCUT2D eigenvalue weighted by atomic mass is 19.1. The van der Waals surface area contributed by atoms with Gasteiger partial charge in [-0.3, -0.25) is 4.90 Å². The SMILES string of the molecule is CNCC1CCCCN(C2CC2)C1c1ccc(F)cc1F. The summed E-state index contributed by atoms with van der Waals surface area (Å²) in [6.45, 7) is 1.91. The van der Waals surface area contributed by atoms with E-state index in [9.17, 15) is 8.78 Å². The van der Waals surface area contributed by atoms with Crippen molar-refractivity contribution >= 4 is 0 Å². The first-order chi connectivity index (χ1) is 10.2. The lowest BCUT2D eigenvalue weighted by Gasteiger charge is -2.36. The molecular weight excluding hydrogens is 270 g/mol. The molecule has 1 heterocycles. The van der Waals surface area contributed by atoms with Crippen LogP contribution < -0.4 is 5.32 Å². The van der Waals surface area contributed by atoms with Gasteiger partial charge in [-0.2, -0.15) is 0 Å². The van der Waals surface area contributed by atoms with Crippen molar-refractivity contribution in [2.75, 3.05) is 20.1 Å². The van der Waals surface area contributed by atoms with Gasteiger partial charge in [0.25, 0.3) is 0 Å². The number of likely N-dealkylation sites (tertiary alicyclic amines) is 1. The zero-order chi connectivity index (χ0) is 14.8. The predicted molar refractivity (Wildman–Crippen MR) is 80.1 cm³/mol. The third kappa shape index (κ3) is 3.27. The molecule has 0 aromatic heterocycles. The molecule has 2 atom stereocenters. The van der Waals surface area contributed by atoms with E-state index in [4.69, 9.17) is 0 Å². The Hall–Kier alpha value is -1.00. The predicted octanol–water partition coefficient (Wildman–Crippen LogP) is 3.49. The zero-order valence-electron chi connectivity index (χ0n) is 12.6. The van der Waals surface area contributed by atoms with Crippen LogP contribution in [0.4, 0.5) is 8.78 Å². The van der Waals surface area contributed by atoms with Crippen LogP contribution in [0.3, 0.4) is 0 Å². The molecule has 1 N–H and O–H groups in total. The molecule has 0 spiro atoms. The van der Waals surface area contributed by atoms with E-state index < -0.39 is 11.6 Å². The highest BCUT2D eigenvalue weighted by Crippen LogP contribution is 2.42. The second-order valence-electron chi connectivity index (χ2n) is 6.39. The Kier molecular flexibility index (Phi) is 4.55. The van der Waals surface area contributed by atoms with E-state index in [1.165, 1.54) is 31.7 Å². The summed E-state index contributed by atoms with van der Waals surface area (Å²) < 4.78 is 27.6. The minimum absolute atomic E-state index is 0.0769. The Labute approximate surface area is 125 Å². The number of benzene rings is 1. The van der Waals surface area contributed by atoms with Crippen LogP contribution in [0.15, 0.2) is 18.2 Å². The molecule has 1 aromatic rings. The summed E-state index contributed by atoms with van der Waals surface area (Å²) in [5, 5.41) is 3.25. The van der Waals surface area contributed by atoms with Crippen LogP contribution in [0.2, 0.25) is 0 Å². The van der Waals surface area contributed by atoms with Crippen molar-refractivity contribution in [1.82, 2.24) is 10.2 Å². The molecule has 0 amide bonds. The monoisotopic (exact) mass is 294 g/mol. The van der Waals surface area contributed by atoms with E-state index in [0.717, 1.165) is 25.6 Å². The van der Waals surface area contributed by atoms with Crippen molar-refractivity contribution < 1.29 is 8.78 Å². The van der Waals surface area contributed by atoms with Crippen LogP contribution >= 0.6 is 0 Å². The van der Waals surface area contributed by atoms with E-state index in [1.54, 1.807) is 6.07 Å². The second-order valence-corrected chi connectivity index (χ2v) is 6.39. The molecule has 1 saturated carbocycles. The van der Waals surface area contributed by atoms with Crippen LogP contribution in [-0.2, 0) is 0 Å². The van der Waals surface area contributed by atoms with E-state index in [1.807, 2.05) is 7.05 Å². The number of nitrogens with zero attached hydrogens (tertiary/aromatic N) is 1. The molecule has 3 rings (SSSR count). The first-order valence-corrected chi connectivity index (χ1v) is 8.06. The van der Waals surface area contributed by atoms with Gasteiger partial charge >= 0.3 is 0 Å². The third-order valence-electron chi connectivity index (χ3n) is 4.81. The highest BCUT2D eigenvalue weighted by Gasteiger charge is 2.40. The van der Waals surface area contributed by atoms with Crippen molar-refractivity contribution in [2.45, 2.75) is 44.2 Å². The lowest BCUT2D eigenvalue weighted by atomic mass is 9.88. The van der Waals surface area contributed by atoms with Gasteiger partial charge in [0.1, 0.15) is 11.6 Å². The van der Waals surface area contributed by atoms with Gasteiger partial charge in [-0.25, -0.2) is 8.78 Å². The average Bonchev–Trinajstić information content (AvgIpc) is 3.26. The number of hydrogen-bond acceptors (Lipinski definition) is 2. The summed E-state index contributed by atoms with van der Waals surface area (Å²) >= 11 is 0. The fourth-order valence-corrected chi connectivity index (χ4v) is 3.73. The summed E-state index contributed by atoms with van der Waals surface area (Å²) in [4.78, 5) is 2.48. The maximum atomic E-state index is 14.4. The summed E-state index contributed by atoms with van der Waals surface area (Å²) in [6, 6.07) is 4.75. The van der Waals surface area contributed by atoms with E-state index in [2.05, 4.69) is 10.2 Å². The Bertz CT molecular complexity index is 488. The molecule has 116 valence electrons. The summed E-state index contributed by atoms with van der Waals surface area (Å²) in [6.07, 6.45) is 5.90. The minimum atomic E-state index is -0.493. The second kappa shape index (κ2) is 6.41. The van der Waals surface area contributed by atoms with Gasteiger partial charge < -0.3 is 5.32 Å². The van der Waals surface area contributed by atoms with Crippen molar-refractivity contribution in [3.8, 4) is 0 Å². The normalized spacial score (nSPS) is 27.6. The Morgan fingerprint density at radius 3 is 2.67 bits per heavy atom. The van der Waals surface area contributed by atoms with Crippen molar-refractivity contribution in [3.05, 3.63) is 35.4 Å². The average molecular weight is 294 g/mol. The minimum Gasteiger partial charge on any atom is -0.319 e. The maximum absolute atomic E-state index is 14.4. The summed E-state index contributed by atoms with van der Waals surface area (Å²) in [7, 11) is 1.95. The van der Waals surface area contributed by atoms with Crippen molar-refractivity contribution in [3.63, 3.8) is 0 Å². The lowest BCUT2D eigenvalue weighted by molar-refractivity contribution is 0.142. The Balaban J connectivity index is 1.96. The lowest BCUT2D eigenvalue weighted by Crippen LogP contribution is -2.38. The van der Waals surface area contributed by atoms with E-state index in [-0.39, 0.29) is 6.04 Å². The molecular formula is C17H24F2N2. The van der Waals surface area contributed by atoms with Crippen molar-refractivity contribution in [1.29, 1.82) is 0 Å². The maximum Gasteiger partial charge on any atom is 0.130 e. The van der Waals surface area contributed by atoms with Crippen LogP contribution in [-0.4, -0.2) is 31.1 Å². The topological polar surface area (TPSA) is 15.3 Å². The summed E-state index contributed by atoms with van der Waals surface area (Å²) in [5.41, 5.74) is 0.672. The van der Waals surface area contributed by atoms with Crippen LogP contribution in [0.5, 0.6) is 0 Å². The highest BCUT2D eigenvalue weighted by molar-refractivity contribution is 5.24. The standard InChI is InChI=1S/C17H24F2N2/c1-20-11-12-4-2-3-9-21(14-6-7-14)17(12)15-8-5-13(18)10-16(15)19/h5,8,10,12,14,17,20H,2-4,6-7,9,11H2,1H3. The van der Waals surface area contributed by atoms with Crippen LogP contribution in [0.25, 0.3) is 0 Å². The van der Waals surface area contributed by atoms with Gasteiger partial charge in [0.2, 0.25) is 0 Å². The van der Waals surface area contributed by atoms with Gasteiger partial charge in [0, 0.05) is 23.7 Å². The fourth-order valence-electron chi connectivity index (χ4n) is 3.73. The molecule has 2 unspecified atom stereocenters. The molecule has 4 heteroatoms. The van der Waals surface area contributed by atoms with Gasteiger partial charge in [-0.1, -0.05) is 12.5 Å². The number of rotatable bonds is 4. The number of halogens is 2. The third-order valence-corrected chi connectivity index (χ3v) is 4.81. The van der Waals surface area contributed by atoms with Gasteiger partial charge in [-0.15, -0.1) is 0 Å². The zero-order valence-corrected chi connectivity index (χ0v) is 12.6. The molecule has 1 aliphatic heterocycles. The fraction of sp³-hybridized carbons (Fsp3) is 0.647. The number of nitrogens with one attached hydrogen (secondary N) is 1. The quantitative estimate of drug-likeness (QED) is 0.914. The smallest absolute Gasteiger partial charge is 0.130 e. The largest absolute Gasteiger partial charge is 0.319 e. The number of hydrogen-bond donors (Lipinski definition) is 1. The van der Waals surface area contributed by atoms with Gasteiger partial charge in [0.05, 0.1) is 0 Å².